The van der Waals surface area contributed by atoms with Gasteiger partial charge in [0.1, 0.15) is 5.75 Å². The van der Waals surface area contributed by atoms with Crippen LogP contribution in [-0.4, -0.2) is 81.2 Å². The molecule has 0 aromatic heterocycles. The van der Waals surface area contributed by atoms with E-state index in [1.165, 1.54) is 29.6 Å². The molecule has 1 aromatic rings. The fourth-order valence-electron chi connectivity index (χ4n) is 3.47. The highest BCUT2D eigenvalue weighted by atomic mass is 32.2. The van der Waals surface area contributed by atoms with E-state index in [9.17, 15) is 18.0 Å². The third-order valence-corrected chi connectivity index (χ3v) is 7.00. The van der Waals surface area contributed by atoms with Crippen molar-refractivity contribution in [2.24, 2.45) is 0 Å². The maximum atomic E-state index is 13.0. The lowest BCUT2D eigenvalue weighted by atomic mass is 10.1. The van der Waals surface area contributed by atoms with Gasteiger partial charge in [0.05, 0.1) is 17.6 Å². The quantitative estimate of drug-likeness (QED) is 0.688. The molecule has 0 radical (unpaired) electrons. The minimum Gasteiger partial charge on any atom is -0.496 e. The molecule has 0 spiro atoms. The van der Waals surface area contributed by atoms with Crippen LogP contribution in [-0.2, 0) is 14.8 Å². The SMILES string of the molecule is COc1ccc(S(=O)(=O)N2CCCCC2)cc1C(=O)N1CCN(C=O)CC1. The number of hydrogen-bond acceptors (Lipinski definition) is 5. The Morgan fingerprint density at radius 2 is 1.70 bits per heavy atom. The first-order valence-corrected chi connectivity index (χ1v) is 10.6. The number of amides is 2. The van der Waals surface area contributed by atoms with E-state index in [2.05, 4.69) is 0 Å². The predicted octanol–water partition coefficient (Wildman–Crippen LogP) is 0.784. The van der Waals surface area contributed by atoms with Gasteiger partial charge in [0.25, 0.3) is 5.91 Å². The lowest BCUT2D eigenvalue weighted by Gasteiger charge is -2.33. The maximum Gasteiger partial charge on any atom is 0.257 e. The summed E-state index contributed by atoms with van der Waals surface area (Å²) in [6.07, 6.45) is 3.50. The molecule has 2 fully saturated rings. The number of piperidine rings is 1. The number of carbonyl (C=O) groups is 2. The third-order valence-electron chi connectivity index (χ3n) is 5.10. The molecule has 9 heteroatoms. The summed E-state index contributed by atoms with van der Waals surface area (Å²) in [6.45, 7) is 2.75. The van der Waals surface area contributed by atoms with Crippen LogP contribution in [0.4, 0.5) is 0 Å². The number of benzene rings is 1. The topological polar surface area (TPSA) is 87.2 Å². The van der Waals surface area contributed by atoms with Gasteiger partial charge in [0, 0.05) is 39.3 Å². The van der Waals surface area contributed by atoms with Crippen molar-refractivity contribution >= 4 is 22.3 Å². The summed E-state index contributed by atoms with van der Waals surface area (Å²) in [5.74, 6) is 0.0588. The van der Waals surface area contributed by atoms with E-state index in [4.69, 9.17) is 4.74 Å². The van der Waals surface area contributed by atoms with Crippen molar-refractivity contribution in [1.82, 2.24) is 14.1 Å². The minimum absolute atomic E-state index is 0.111. The molecule has 0 atom stereocenters. The molecule has 0 bridgehead atoms. The Morgan fingerprint density at radius 3 is 2.30 bits per heavy atom. The van der Waals surface area contributed by atoms with E-state index in [0.29, 0.717) is 45.0 Å². The number of ether oxygens (including phenoxy) is 1. The monoisotopic (exact) mass is 395 g/mol. The van der Waals surface area contributed by atoms with Crippen molar-refractivity contribution in [1.29, 1.82) is 0 Å². The average Bonchev–Trinajstić information content (AvgIpc) is 2.73. The molecule has 2 saturated heterocycles. The van der Waals surface area contributed by atoms with Crippen LogP contribution in [0.5, 0.6) is 5.75 Å². The summed E-state index contributed by atoms with van der Waals surface area (Å²) in [5.41, 5.74) is 0.232. The van der Waals surface area contributed by atoms with Crippen LogP contribution in [0.1, 0.15) is 29.6 Å². The number of methoxy groups -OCH3 is 1. The van der Waals surface area contributed by atoms with Gasteiger partial charge < -0.3 is 14.5 Å². The van der Waals surface area contributed by atoms with E-state index in [0.717, 1.165) is 25.7 Å². The van der Waals surface area contributed by atoms with Gasteiger partial charge in [-0.2, -0.15) is 4.31 Å². The van der Waals surface area contributed by atoms with Gasteiger partial charge in [0.15, 0.2) is 0 Å². The summed E-state index contributed by atoms with van der Waals surface area (Å²) in [6, 6.07) is 4.44. The van der Waals surface area contributed by atoms with Gasteiger partial charge in [0.2, 0.25) is 16.4 Å². The molecule has 148 valence electrons. The highest BCUT2D eigenvalue weighted by Crippen LogP contribution is 2.27. The number of rotatable bonds is 5. The number of nitrogens with zero attached hydrogens (tertiary/aromatic N) is 3. The van der Waals surface area contributed by atoms with Crippen molar-refractivity contribution in [2.45, 2.75) is 24.2 Å². The fourth-order valence-corrected chi connectivity index (χ4v) is 5.01. The minimum atomic E-state index is -3.63. The molecule has 2 aliphatic heterocycles. The molecule has 2 heterocycles. The lowest BCUT2D eigenvalue weighted by Crippen LogP contribution is -2.48. The lowest BCUT2D eigenvalue weighted by molar-refractivity contribution is -0.119. The van der Waals surface area contributed by atoms with Gasteiger partial charge in [-0.1, -0.05) is 6.42 Å². The van der Waals surface area contributed by atoms with Crippen molar-refractivity contribution in [3.63, 3.8) is 0 Å². The maximum absolute atomic E-state index is 13.0. The van der Waals surface area contributed by atoms with E-state index >= 15 is 0 Å². The summed E-state index contributed by atoms with van der Waals surface area (Å²) in [7, 11) is -2.18. The molecule has 0 aliphatic carbocycles. The van der Waals surface area contributed by atoms with Gasteiger partial charge in [-0.15, -0.1) is 0 Å². The van der Waals surface area contributed by atoms with Crippen molar-refractivity contribution in [3.8, 4) is 5.75 Å². The molecule has 8 nitrogen and oxygen atoms in total. The third kappa shape index (κ3) is 4.08. The fraction of sp³-hybridized carbons (Fsp3) is 0.556. The Kier molecular flexibility index (Phi) is 6.01. The van der Waals surface area contributed by atoms with E-state index < -0.39 is 10.0 Å². The number of sulfonamides is 1. The second-order valence-corrected chi connectivity index (χ2v) is 8.70. The molecule has 2 aliphatic rings. The smallest absolute Gasteiger partial charge is 0.257 e. The highest BCUT2D eigenvalue weighted by molar-refractivity contribution is 7.89. The number of hydrogen-bond donors (Lipinski definition) is 0. The Hall–Kier alpha value is -2.13. The second-order valence-electron chi connectivity index (χ2n) is 6.76. The zero-order valence-electron chi connectivity index (χ0n) is 15.5. The van der Waals surface area contributed by atoms with Crippen LogP contribution in [0.15, 0.2) is 23.1 Å². The summed E-state index contributed by atoms with van der Waals surface area (Å²) < 4.78 is 32.6. The van der Waals surface area contributed by atoms with Gasteiger partial charge in [-0.25, -0.2) is 8.42 Å². The molecular weight excluding hydrogens is 370 g/mol. The van der Waals surface area contributed by atoms with Crippen LogP contribution in [0.25, 0.3) is 0 Å². The molecular formula is C18H25N3O5S. The zero-order valence-corrected chi connectivity index (χ0v) is 16.3. The normalized spacial score (nSPS) is 19.0. The summed E-state index contributed by atoms with van der Waals surface area (Å²) in [4.78, 5) is 27.1. The molecule has 0 saturated carbocycles. The Balaban J connectivity index is 1.87. The van der Waals surface area contributed by atoms with Crippen molar-refractivity contribution in [2.75, 3.05) is 46.4 Å². The van der Waals surface area contributed by atoms with Crippen molar-refractivity contribution < 1.29 is 22.7 Å². The molecule has 2 amide bonds. The number of piperazine rings is 1. The Morgan fingerprint density at radius 1 is 1.04 bits per heavy atom. The molecule has 3 rings (SSSR count). The molecule has 0 unspecified atom stereocenters. The van der Waals surface area contributed by atoms with Gasteiger partial charge >= 0.3 is 0 Å². The van der Waals surface area contributed by atoms with E-state index in [-0.39, 0.29) is 16.4 Å². The summed E-state index contributed by atoms with van der Waals surface area (Å²) in [5, 5.41) is 0. The first-order chi connectivity index (χ1) is 13.0. The number of carbonyl (C=O) groups excluding carboxylic acids is 2. The van der Waals surface area contributed by atoms with Crippen LogP contribution in [0, 0.1) is 0 Å². The second kappa shape index (κ2) is 8.26. The molecule has 0 N–H and O–H groups in total. The van der Waals surface area contributed by atoms with Crippen LogP contribution < -0.4 is 4.74 Å². The van der Waals surface area contributed by atoms with Gasteiger partial charge in [-0.3, -0.25) is 9.59 Å². The van der Waals surface area contributed by atoms with Crippen LogP contribution in [0.2, 0.25) is 0 Å². The summed E-state index contributed by atoms with van der Waals surface area (Å²) >= 11 is 0. The first kappa shape index (κ1) is 19.6. The Bertz CT molecular complexity index is 797. The highest BCUT2D eigenvalue weighted by Gasteiger charge is 2.29. The van der Waals surface area contributed by atoms with Crippen molar-refractivity contribution in [3.05, 3.63) is 23.8 Å². The van der Waals surface area contributed by atoms with E-state index in [1.807, 2.05) is 0 Å². The van der Waals surface area contributed by atoms with Crippen LogP contribution in [0.3, 0.4) is 0 Å². The molecule has 1 aromatic carbocycles. The van der Waals surface area contributed by atoms with Gasteiger partial charge in [-0.05, 0) is 31.0 Å². The van der Waals surface area contributed by atoms with E-state index in [1.54, 1.807) is 9.80 Å². The average molecular weight is 395 g/mol. The first-order valence-electron chi connectivity index (χ1n) is 9.14. The standard InChI is InChI=1S/C18H25N3O5S/c1-26-17-6-5-15(27(24,25)21-7-3-2-4-8-21)13-16(17)18(23)20-11-9-19(14-22)10-12-20/h5-6,13-14H,2-4,7-12H2,1H3. The Labute approximate surface area is 159 Å². The molecule has 27 heavy (non-hydrogen) atoms. The van der Waals surface area contributed by atoms with Crippen LogP contribution >= 0.6 is 0 Å². The largest absolute Gasteiger partial charge is 0.496 e. The zero-order chi connectivity index (χ0) is 19.4. The predicted molar refractivity (Wildman–Crippen MR) is 99.1 cm³/mol.